The largest absolute Gasteiger partial charge is 0.457 e. The molecule has 1 aliphatic heterocycles. The SMILES string of the molecule is Cn1c(Nc2cc3c(c(C(F)(F)F)c2)C(C)(C)C(=O)N3CCOCc2ccccc2)nc2ccc(Oc3ccnc(N)c3)cc21. The number of ether oxygens (including phenoxy) is 2. The number of carbonyl (C=O) groups excluding carboxylic acids is 1. The number of nitrogens with zero attached hydrogens (tertiary/aromatic N) is 4. The van der Waals surface area contributed by atoms with Crippen LogP contribution in [0.5, 0.6) is 11.5 Å². The van der Waals surface area contributed by atoms with Gasteiger partial charge in [0.2, 0.25) is 11.9 Å². The number of halogens is 3. The minimum atomic E-state index is -4.70. The fourth-order valence-corrected chi connectivity index (χ4v) is 5.59. The Hall–Kier alpha value is -5.10. The van der Waals surface area contributed by atoms with E-state index in [9.17, 15) is 18.0 Å². The molecule has 3 heterocycles. The van der Waals surface area contributed by atoms with Crippen molar-refractivity contribution in [2.24, 2.45) is 7.05 Å². The van der Waals surface area contributed by atoms with E-state index in [1.807, 2.05) is 30.3 Å². The van der Waals surface area contributed by atoms with E-state index < -0.39 is 23.1 Å². The Bertz CT molecular complexity index is 1890. The summed E-state index contributed by atoms with van der Waals surface area (Å²) in [6.45, 7) is 3.61. The van der Waals surface area contributed by atoms with Crippen molar-refractivity contribution in [3.05, 3.63) is 95.7 Å². The standard InChI is InChI=1S/C33H31F3N6O3/c1-32(2)29-24(33(34,35)36)15-21(16-27(29)42(30(32)43)13-14-44-19-20-7-5-4-6-8-20)39-31-40-25-10-9-22(17-26(25)41(31)3)45-23-11-12-38-28(37)18-23/h4-12,15-18H,13-14,19H2,1-3H3,(H2,37,38)(H,39,40). The summed E-state index contributed by atoms with van der Waals surface area (Å²) in [7, 11) is 1.74. The molecule has 0 unspecified atom stereocenters. The maximum absolute atomic E-state index is 14.5. The molecule has 3 N–H and O–H groups in total. The maximum atomic E-state index is 14.5. The molecular formula is C33H31F3N6O3. The van der Waals surface area contributed by atoms with Gasteiger partial charge in [0.25, 0.3) is 0 Å². The van der Waals surface area contributed by atoms with Gasteiger partial charge in [0.15, 0.2) is 0 Å². The molecular weight excluding hydrogens is 585 g/mol. The van der Waals surface area contributed by atoms with Gasteiger partial charge in [-0.15, -0.1) is 0 Å². The summed E-state index contributed by atoms with van der Waals surface area (Å²) in [6.07, 6.45) is -3.16. The van der Waals surface area contributed by atoms with Crippen LogP contribution in [-0.4, -0.2) is 33.6 Å². The van der Waals surface area contributed by atoms with Crippen LogP contribution in [0.4, 0.5) is 36.3 Å². The number of alkyl halides is 3. The topological polar surface area (TPSA) is 108 Å². The Balaban J connectivity index is 1.30. The number of amides is 1. The molecule has 0 spiro atoms. The Kier molecular flexibility index (Phi) is 7.61. The number of benzene rings is 3. The third-order valence-corrected chi connectivity index (χ3v) is 7.79. The monoisotopic (exact) mass is 616 g/mol. The summed E-state index contributed by atoms with van der Waals surface area (Å²) in [5.41, 5.74) is 6.01. The number of nitrogen functional groups attached to an aromatic ring is 1. The van der Waals surface area contributed by atoms with Crippen molar-refractivity contribution in [2.45, 2.75) is 32.0 Å². The van der Waals surface area contributed by atoms with E-state index in [0.717, 1.165) is 11.6 Å². The predicted molar refractivity (Wildman–Crippen MR) is 166 cm³/mol. The number of hydrogen-bond donors (Lipinski definition) is 2. The van der Waals surface area contributed by atoms with Gasteiger partial charge < -0.3 is 30.0 Å². The number of anilines is 4. The Morgan fingerprint density at radius 3 is 2.49 bits per heavy atom. The number of nitrogens with two attached hydrogens (primary N) is 1. The van der Waals surface area contributed by atoms with Crippen molar-refractivity contribution in [3.8, 4) is 11.5 Å². The van der Waals surface area contributed by atoms with Gasteiger partial charge in [-0.2, -0.15) is 13.2 Å². The van der Waals surface area contributed by atoms with E-state index in [2.05, 4.69) is 15.3 Å². The molecule has 0 saturated carbocycles. The highest BCUT2D eigenvalue weighted by atomic mass is 19.4. The van der Waals surface area contributed by atoms with Crippen LogP contribution in [0.15, 0.2) is 79.0 Å². The third-order valence-electron chi connectivity index (χ3n) is 7.79. The average Bonchev–Trinajstić information content (AvgIpc) is 3.39. The summed E-state index contributed by atoms with van der Waals surface area (Å²) in [6, 6.07) is 20.6. The fraction of sp³-hybridized carbons (Fsp3) is 0.242. The molecule has 5 aromatic rings. The third kappa shape index (κ3) is 5.88. The summed E-state index contributed by atoms with van der Waals surface area (Å²) in [5, 5.41) is 3.05. The average molecular weight is 617 g/mol. The zero-order valence-electron chi connectivity index (χ0n) is 24.9. The summed E-state index contributed by atoms with van der Waals surface area (Å²) < 4.78 is 57.0. The van der Waals surface area contributed by atoms with Crippen molar-refractivity contribution in [3.63, 3.8) is 0 Å². The van der Waals surface area contributed by atoms with E-state index in [4.69, 9.17) is 15.2 Å². The van der Waals surface area contributed by atoms with E-state index in [-0.39, 0.29) is 30.1 Å². The molecule has 0 saturated heterocycles. The lowest BCUT2D eigenvalue weighted by atomic mass is 9.82. The van der Waals surface area contributed by atoms with Crippen LogP contribution in [0.2, 0.25) is 0 Å². The minimum Gasteiger partial charge on any atom is -0.457 e. The maximum Gasteiger partial charge on any atom is 0.416 e. The molecule has 0 fully saturated rings. The van der Waals surface area contributed by atoms with Gasteiger partial charge in [-0.05, 0) is 49.7 Å². The van der Waals surface area contributed by atoms with E-state index in [1.54, 1.807) is 48.0 Å². The zero-order valence-corrected chi connectivity index (χ0v) is 24.9. The van der Waals surface area contributed by atoms with Crippen LogP contribution in [-0.2, 0) is 34.8 Å². The molecule has 6 rings (SSSR count). The number of nitrogens with one attached hydrogen (secondary N) is 1. The van der Waals surface area contributed by atoms with Crippen molar-refractivity contribution in [1.29, 1.82) is 0 Å². The first kappa shape index (κ1) is 29.9. The molecule has 0 radical (unpaired) electrons. The number of carbonyl (C=O) groups is 1. The first-order chi connectivity index (χ1) is 21.4. The number of hydrogen-bond acceptors (Lipinski definition) is 7. The van der Waals surface area contributed by atoms with Crippen LogP contribution in [0, 0.1) is 0 Å². The molecule has 9 nitrogen and oxygen atoms in total. The van der Waals surface area contributed by atoms with Gasteiger partial charge >= 0.3 is 6.18 Å². The van der Waals surface area contributed by atoms with E-state index >= 15 is 0 Å². The second kappa shape index (κ2) is 11.4. The molecule has 45 heavy (non-hydrogen) atoms. The fourth-order valence-electron chi connectivity index (χ4n) is 5.59. The molecule has 1 aliphatic rings. The van der Waals surface area contributed by atoms with Crippen LogP contribution in [0.1, 0.15) is 30.5 Å². The molecule has 3 aromatic carbocycles. The quantitative estimate of drug-likeness (QED) is 0.173. The molecule has 0 bridgehead atoms. The summed E-state index contributed by atoms with van der Waals surface area (Å²) >= 11 is 0. The zero-order chi connectivity index (χ0) is 31.9. The molecule has 12 heteroatoms. The van der Waals surface area contributed by atoms with Crippen molar-refractivity contribution in [2.75, 3.05) is 29.1 Å². The molecule has 1 amide bonds. The van der Waals surface area contributed by atoms with Crippen molar-refractivity contribution >= 4 is 40.1 Å². The predicted octanol–water partition coefficient (Wildman–Crippen LogP) is 6.95. The van der Waals surface area contributed by atoms with Gasteiger partial charge in [0.1, 0.15) is 17.3 Å². The second-order valence-corrected chi connectivity index (χ2v) is 11.3. The van der Waals surface area contributed by atoms with Crippen LogP contribution < -0.4 is 20.7 Å². The summed E-state index contributed by atoms with van der Waals surface area (Å²) in [4.78, 5) is 23.4. The summed E-state index contributed by atoms with van der Waals surface area (Å²) in [5.74, 6) is 1.23. The highest BCUT2D eigenvalue weighted by Crippen LogP contribution is 2.49. The lowest BCUT2D eigenvalue weighted by Gasteiger charge is -2.21. The van der Waals surface area contributed by atoms with Crippen LogP contribution >= 0.6 is 0 Å². The molecule has 232 valence electrons. The van der Waals surface area contributed by atoms with Crippen molar-refractivity contribution in [1.82, 2.24) is 14.5 Å². The van der Waals surface area contributed by atoms with Crippen LogP contribution in [0.3, 0.4) is 0 Å². The number of aromatic nitrogens is 3. The highest BCUT2D eigenvalue weighted by Gasteiger charge is 2.50. The number of pyridine rings is 1. The second-order valence-electron chi connectivity index (χ2n) is 11.3. The van der Waals surface area contributed by atoms with Gasteiger partial charge in [0.05, 0.1) is 40.9 Å². The Morgan fingerprint density at radius 1 is 1.00 bits per heavy atom. The molecule has 2 aromatic heterocycles. The minimum absolute atomic E-state index is 0.0582. The molecule has 0 atom stereocenters. The van der Waals surface area contributed by atoms with Crippen LogP contribution in [0.25, 0.3) is 11.0 Å². The Morgan fingerprint density at radius 2 is 1.76 bits per heavy atom. The normalized spacial score (nSPS) is 14.2. The molecule has 0 aliphatic carbocycles. The van der Waals surface area contributed by atoms with Gasteiger partial charge in [0, 0.05) is 43.2 Å². The van der Waals surface area contributed by atoms with Gasteiger partial charge in [-0.3, -0.25) is 4.79 Å². The van der Waals surface area contributed by atoms with Crippen molar-refractivity contribution < 1.29 is 27.4 Å². The Labute approximate surface area is 257 Å². The highest BCUT2D eigenvalue weighted by molar-refractivity contribution is 6.08. The first-order valence-electron chi connectivity index (χ1n) is 14.2. The number of rotatable bonds is 9. The van der Waals surface area contributed by atoms with E-state index in [0.29, 0.717) is 40.9 Å². The lowest BCUT2D eigenvalue weighted by molar-refractivity contribution is -0.138. The van der Waals surface area contributed by atoms with E-state index in [1.165, 1.54) is 24.9 Å². The van der Waals surface area contributed by atoms with Gasteiger partial charge in [-0.1, -0.05) is 30.3 Å². The first-order valence-corrected chi connectivity index (χ1v) is 14.2. The number of aryl methyl sites for hydroxylation is 1. The number of imidazole rings is 1. The van der Waals surface area contributed by atoms with Gasteiger partial charge in [-0.25, -0.2) is 9.97 Å². The number of fused-ring (bicyclic) bond motifs is 2. The lowest BCUT2D eigenvalue weighted by Crippen LogP contribution is -2.38. The smallest absolute Gasteiger partial charge is 0.416 e.